The normalized spacial score (nSPS) is 10.3. The summed E-state index contributed by atoms with van der Waals surface area (Å²) < 4.78 is 9.95. The number of hydrogen-bond donors (Lipinski definition) is 4. The summed E-state index contributed by atoms with van der Waals surface area (Å²) in [6.07, 6.45) is 0.807. The second-order valence-electron chi connectivity index (χ2n) is 5.53. The van der Waals surface area contributed by atoms with Crippen molar-refractivity contribution in [1.82, 2.24) is 0 Å². The molecule has 0 atom stereocenters. The van der Waals surface area contributed by atoms with Crippen LogP contribution in [-0.2, 0) is 9.59 Å². The molecule has 0 aliphatic carbocycles. The SMILES string of the molecule is O=C(CCCCC(=O)Oc1cc(O)cc(O)c1)Oc1cc(O)cc(O)c1. The number of esters is 2. The molecule has 0 aliphatic heterocycles. The van der Waals surface area contributed by atoms with E-state index in [1.165, 1.54) is 24.3 Å². The maximum absolute atomic E-state index is 11.7. The molecule has 8 heteroatoms. The Morgan fingerprint density at radius 2 is 0.923 bits per heavy atom. The van der Waals surface area contributed by atoms with E-state index in [0.717, 1.165) is 12.1 Å². The van der Waals surface area contributed by atoms with Crippen molar-refractivity contribution in [3.05, 3.63) is 36.4 Å². The van der Waals surface area contributed by atoms with Gasteiger partial charge in [-0.15, -0.1) is 0 Å². The molecule has 0 aliphatic rings. The van der Waals surface area contributed by atoms with Gasteiger partial charge in [0.05, 0.1) is 0 Å². The fourth-order valence-electron chi connectivity index (χ4n) is 2.16. The summed E-state index contributed by atoms with van der Waals surface area (Å²) in [6.45, 7) is 0. The lowest BCUT2D eigenvalue weighted by molar-refractivity contribution is -0.136. The topological polar surface area (TPSA) is 134 Å². The summed E-state index contributed by atoms with van der Waals surface area (Å²) in [5.41, 5.74) is 0. The summed E-state index contributed by atoms with van der Waals surface area (Å²) in [5, 5.41) is 37.2. The first-order chi connectivity index (χ1) is 12.3. The number of phenols is 4. The predicted molar refractivity (Wildman–Crippen MR) is 89.3 cm³/mol. The highest BCUT2D eigenvalue weighted by atomic mass is 16.5. The molecule has 0 heterocycles. The van der Waals surface area contributed by atoms with Crippen LogP contribution in [0.15, 0.2) is 36.4 Å². The lowest BCUT2D eigenvalue weighted by Gasteiger charge is -2.06. The van der Waals surface area contributed by atoms with Crippen molar-refractivity contribution in [1.29, 1.82) is 0 Å². The maximum Gasteiger partial charge on any atom is 0.311 e. The van der Waals surface area contributed by atoms with Crippen LogP contribution < -0.4 is 9.47 Å². The van der Waals surface area contributed by atoms with Crippen LogP contribution in [0, 0.1) is 0 Å². The minimum atomic E-state index is -0.568. The molecule has 4 N–H and O–H groups in total. The Hall–Kier alpha value is -3.42. The van der Waals surface area contributed by atoms with Gasteiger partial charge in [-0.05, 0) is 12.8 Å². The van der Waals surface area contributed by atoms with Gasteiger partial charge in [-0.2, -0.15) is 0 Å². The molecule has 0 saturated heterocycles. The van der Waals surface area contributed by atoms with Crippen LogP contribution in [0.2, 0.25) is 0 Å². The van der Waals surface area contributed by atoms with Gasteiger partial charge in [-0.3, -0.25) is 9.59 Å². The molecule has 2 aromatic carbocycles. The number of hydrogen-bond acceptors (Lipinski definition) is 8. The molecular weight excluding hydrogens is 344 g/mol. The van der Waals surface area contributed by atoms with Crippen LogP contribution in [-0.4, -0.2) is 32.4 Å². The number of carbonyl (C=O) groups is 2. The predicted octanol–water partition coefficient (Wildman–Crippen LogP) is 2.58. The highest BCUT2D eigenvalue weighted by Crippen LogP contribution is 2.27. The van der Waals surface area contributed by atoms with E-state index >= 15 is 0 Å². The fraction of sp³-hybridized carbons (Fsp3) is 0.222. The van der Waals surface area contributed by atoms with Gasteiger partial charge in [0.1, 0.15) is 34.5 Å². The Bertz CT molecular complexity index is 692. The van der Waals surface area contributed by atoms with Gasteiger partial charge in [0.15, 0.2) is 0 Å². The van der Waals surface area contributed by atoms with Gasteiger partial charge < -0.3 is 29.9 Å². The van der Waals surface area contributed by atoms with Crippen molar-refractivity contribution in [2.75, 3.05) is 0 Å². The fourth-order valence-corrected chi connectivity index (χ4v) is 2.16. The van der Waals surface area contributed by atoms with Crippen LogP contribution in [0.4, 0.5) is 0 Å². The second kappa shape index (κ2) is 8.61. The Morgan fingerprint density at radius 3 is 1.23 bits per heavy atom. The van der Waals surface area contributed by atoms with E-state index in [-0.39, 0.29) is 47.3 Å². The van der Waals surface area contributed by atoms with Gasteiger partial charge >= 0.3 is 11.9 Å². The number of rotatable bonds is 7. The molecule has 0 bridgehead atoms. The zero-order valence-corrected chi connectivity index (χ0v) is 13.7. The average molecular weight is 362 g/mol. The molecule has 0 radical (unpaired) electrons. The summed E-state index contributed by atoms with van der Waals surface area (Å²) in [4.78, 5) is 23.4. The molecule has 2 rings (SSSR count). The number of carbonyl (C=O) groups excluding carboxylic acids is 2. The van der Waals surface area contributed by atoms with Gasteiger partial charge in [0.2, 0.25) is 0 Å². The third kappa shape index (κ3) is 6.23. The molecule has 0 unspecified atom stereocenters. The van der Waals surface area contributed by atoms with Crippen molar-refractivity contribution in [3.8, 4) is 34.5 Å². The molecule has 2 aromatic rings. The summed E-state index contributed by atoms with van der Waals surface area (Å²) in [5.74, 6) is -2.00. The van der Waals surface area contributed by atoms with E-state index in [2.05, 4.69) is 0 Å². The Kier molecular flexibility index (Phi) is 6.26. The highest BCUT2D eigenvalue weighted by molar-refractivity contribution is 5.74. The summed E-state index contributed by atoms with van der Waals surface area (Å²) >= 11 is 0. The molecule has 26 heavy (non-hydrogen) atoms. The van der Waals surface area contributed by atoms with E-state index in [9.17, 15) is 30.0 Å². The van der Waals surface area contributed by atoms with E-state index in [1.54, 1.807) is 0 Å². The van der Waals surface area contributed by atoms with Crippen molar-refractivity contribution >= 4 is 11.9 Å². The van der Waals surface area contributed by atoms with E-state index in [0.29, 0.717) is 12.8 Å². The molecule has 0 fully saturated rings. The van der Waals surface area contributed by atoms with Gasteiger partial charge in [0, 0.05) is 49.2 Å². The average Bonchev–Trinajstić information content (AvgIpc) is 2.49. The van der Waals surface area contributed by atoms with Crippen LogP contribution in [0.1, 0.15) is 25.7 Å². The zero-order chi connectivity index (χ0) is 19.1. The smallest absolute Gasteiger partial charge is 0.311 e. The zero-order valence-electron chi connectivity index (χ0n) is 13.7. The van der Waals surface area contributed by atoms with Gasteiger partial charge in [-0.1, -0.05) is 0 Å². The van der Waals surface area contributed by atoms with E-state index in [4.69, 9.17) is 9.47 Å². The number of unbranched alkanes of at least 4 members (excludes halogenated alkanes) is 1. The first kappa shape index (κ1) is 18.9. The third-order valence-electron chi connectivity index (χ3n) is 3.23. The Balaban J connectivity index is 1.70. The highest BCUT2D eigenvalue weighted by Gasteiger charge is 2.10. The van der Waals surface area contributed by atoms with Crippen LogP contribution in [0.3, 0.4) is 0 Å². The van der Waals surface area contributed by atoms with Crippen molar-refractivity contribution < 1.29 is 39.5 Å². The van der Waals surface area contributed by atoms with Crippen LogP contribution >= 0.6 is 0 Å². The summed E-state index contributed by atoms with van der Waals surface area (Å²) in [7, 11) is 0. The number of ether oxygens (including phenoxy) is 2. The standard InChI is InChI=1S/C18H18O8/c19-11-5-12(20)8-15(7-11)25-17(23)3-1-2-4-18(24)26-16-9-13(21)6-14(22)10-16/h5-10,19-22H,1-4H2. The van der Waals surface area contributed by atoms with Gasteiger partial charge in [0.25, 0.3) is 0 Å². The minimum Gasteiger partial charge on any atom is -0.508 e. The molecule has 0 aromatic heterocycles. The summed E-state index contributed by atoms with van der Waals surface area (Å²) in [6, 6.07) is 6.99. The molecule has 0 spiro atoms. The lowest BCUT2D eigenvalue weighted by atomic mass is 10.2. The maximum atomic E-state index is 11.7. The molecule has 0 saturated carbocycles. The van der Waals surface area contributed by atoms with E-state index < -0.39 is 11.9 Å². The van der Waals surface area contributed by atoms with Crippen LogP contribution in [0.5, 0.6) is 34.5 Å². The minimum absolute atomic E-state index is 0.0237. The lowest BCUT2D eigenvalue weighted by Crippen LogP contribution is -2.10. The molecule has 138 valence electrons. The van der Waals surface area contributed by atoms with Crippen molar-refractivity contribution in [2.45, 2.75) is 25.7 Å². The molecular formula is C18H18O8. The number of benzene rings is 2. The van der Waals surface area contributed by atoms with E-state index in [1.807, 2.05) is 0 Å². The molecule has 0 amide bonds. The monoisotopic (exact) mass is 362 g/mol. The number of aromatic hydroxyl groups is 4. The third-order valence-corrected chi connectivity index (χ3v) is 3.23. The largest absolute Gasteiger partial charge is 0.508 e. The Morgan fingerprint density at radius 1 is 0.615 bits per heavy atom. The first-order valence-corrected chi connectivity index (χ1v) is 7.79. The molecule has 8 nitrogen and oxygen atoms in total. The van der Waals surface area contributed by atoms with Crippen LogP contribution in [0.25, 0.3) is 0 Å². The first-order valence-electron chi connectivity index (χ1n) is 7.79. The quantitative estimate of drug-likeness (QED) is 0.335. The number of phenolic OH excluding ortho intramolecular Hbond substituents is 4. The van der Waals surface area contributed by atoms with Crippen molar-refractivity contribution in [2.24, 2.45) is 0 Å². The van der Waals surface area contributed by atoms with Gasteiger partial charge in [-0.25, -0.2) is 0 Å². The Labute approximate surface area is 148 Å². The second-order valence-corrected chi connectivity index (χ2v) is 5.53. The van der Waals surface area contributed by atoms with Crippen molar-refractivity contribution in [3.63, 3.8) is 0 Å².